The molecule has 0 unspecified atom stereocenters. The number of anilines is 1. The number of amides is 1. The first-order chi connectivity index (χ1) is 16.0. The summed E-state index contributed by atoms with van der Waals surface area (Å²) >= 11 is 0. The van der Waals surface area contributed by atoms with Crippen molar-refractivity contribution in [2.24, 2.45) is 0 Å². The van der Waals surface area contributed by atoms with E-state index in [-0.39, 0.29) is 23.8 Å². The van der Waals surface area contributed by atoms with E-state index in [2.05, 4.69) is 15.0 Å². The summed E-state index contributed by atoms with van der Waals surface area (Å²) in [5.74, 6) is 0.774. The number of carbonyl (C=O) groups excluding carboxylic acids is 1. The topological polar surface area (TPSA) is 107 Å². The lowest BCUT2D eigenvalue weighted by atomic mass is 10.2. The summed E-state index contributed by atoms with van der Waals surface area (Å²) in [5, 5.41) is 3.66. The van der Waals surface area contributed by atoms with E-state index >= 15 is 0 Å². The second-order valence-electron chi connectivity index (χ2n) is 7.41. The summed E-state index contributed by atoms with van der Waals surface area (Å²) in [4.78, 5) is 17.1. The monoisotopic (exact) mass is 461 g/mol. The summed E-state index contributed by atoms with van der Waals surface area (Å²) in [6.07, 6.45) is 1.56. The maximum Gasteiger partial charge on any atom is 0.255 e. The van der Waals surface area contributed by atoms with Gasteiger partial charge in [-0.25, -0.2) is 13.1 Å². The predicted molar refractivity (Wildman–Crippen MR) is 123 cm³/mol. The molecular weight excluding hydrogens is 442 g/mol. The highest BCUT2D eigenvalue weighted by molar-refractivity contribution is 7.89. The van der Waals surface area contributed by atoms with Crippen molar-refractivity contribution in [1.82, 2.24) is 9.71 Å². The van der Waals surface area contributed by atoms with Crippen LogP contribution in [0.1, 0.15) is 15.9 Å². The number of carbonyl (C=O) groups is 1. The van der Waals surface area contributed by atoms with Crippen LogP contribution in [-0.2, 0) is 16.6 Å². The van der Waals surface area contributed by atoms with Gasteiger partial charge in [-0.2, -0.15) is 0 Å². The van der Waals surface area contributed by atoms with Gasteiger partial charge in [0.2, 0.25) is 16.8 Å². The highest BCUT2D eigenvalue weighted by atomic mass is 32.2. The van der Waals surface area contributed by atoms with Crippen LogP contribution < -0.4 is 19.5 Å². The average molecular weight is 461 g/mol. The second kappa shape index (κ2) is 8.53. The number of aromatic nitrogens is 1. The molecule has 33 heavy (non-hydrogen) atoms. The quantitative estimate of drug-likeness (QED) is 0.454. The molecule has 0 saturated heterocycles. The fraction of sp³-hybridized carbons (Fsp3) is 0.0833. The van der Waals surface area contributed by atoms with Gasteiger partial charge in [0.05, 0.1) is 22.3 Å². The van der Waals surface area contributed by atoms with E-state index in [1.807, 2.05) is 30.3 Å². The number of benzene rings is 3. The Bertz CT molecular complexity index is 1470. The molecule has 0 atom stereocenters. The number of fused-ring (bicyclic) bond motifs is 2. The number of hydrogen-bond donors (Lipinski definition) is 2. The highest BCUT2D eigenvalue weighted by Crippen LogP contribution is 2.32. The molecule has 0 fully saturated rings. The van der Waals surface area contributed by atoms with Gasteiger partial charge in [0.1, 0.15) is 0 Å². The summed E-state index contributed by atoms with van der Waals surface area (Å²) in [7, 11) is -3.84. The van der Waals surface area contributed by atoms with Gasteiger partial charge in [0.25, 0.3) is 5.91 Å². The Hall–Kier alpha value is -3.95. The first-order valence-corrected chi connectivity index (χ1v) is 11.6. The van der Waals surface area contributed by atoms with Gasteiger partial charge in [-0.05, 0) is 48.0 Å². The lowest BCUT2D eigenvalue weighted by Gasteiger charge is -2.10. The summed E-state index contributed by atoms with van der Waals surface area (Å²) in [6.45, 7) is 0.215. The largest absolute Gasteiger partial charge is 0.454 e. The van der Waals surface area contributed by atoms with Crippen LogP contribution in [-0.4, -0.2) is 26.1 Å². The Morgan fingerprint density at radius 2 is 1.79 bits per heavy atom. The van der Waals surface area contributed by atoms with Crippen LogP contribution in [0.3, 0.4) is 0 Å². The van der Waals surface area contributed by atoms with Crippen LogP contribution in [0.2, 0.25) is 0 Å². The number of hydrogen-bond acceptors (Lipinski definition) is 6. The van der Waals surface area contributed by atoms with Crippen molar-refractivity contribution < 1.29 is 22.7 Å². The van der Waals surface area contributed by atoms with Crippen LogP contribution in [0.15, 0.2) is 83.9 Å². The molecule has 3 aromatic carbocycles. The molecule has 1 aliphatic heterocycles. The van der Waals surface area contributed by atoms with Crippen molar-refractivity contribution in [2.45, 2.75) is 11.4 Å². The number of ether oxygens (including phenoxy) is 2. The van der Waals surface area contributed by atoms with Crippen molar-refractivity contribution in [3.05, 3.63) is 90.1 Å². The Morgan fingerprint density at radius 3 is 2.70 bits per heavy atom. The molecule has 0 aliphatic carbocycles. The molecule has 2 heterocycles. The summed E-state index contributed by atoms with van der Waals surface area (Å²) in [5.41, 5.74) is 2.28. The third kappa shape index (κ3) is 4.50. The fourth-order valence-corrected chi connectivity index (χ4v) is 4.52. The van der Waals surface area contributed by atoms with Gasteiger partial charge in [-0.1, -0.05) is 30.3 Å². The Labute approximate surface area is 190 Å². The summed E-state index contributed by atoms with van der Waals surface area (Å²) in [6, 6.07) is 20.5. The van der Waals surface area contributed by atoms with Gasteiger partial charge in [0.15, 0.2) is 11.5 Å². The van der Waals surface area contributed by atoms with Gasteiger partial charge in [-0.15, -0.1) is 0 Å². The average Bonchev–Trinajstić information content (AvgIpc) is 3.31. The first kappa shape index (κ1) is 20.9. The Morgan fingerprint density at radius 1 is 0.939 bits per heavy atom. The standard InChI is InChI=1S/C24H19N3O5S/c28-24(27-19-11-17-4-1-2-7-21(17)25-14-19)18-5-3-6-20(12-18)33(29,30)26-13-16-8-9-22-23(10-16)32-15-31-22/h1-12,14,26H,13,15H2,(H,27,28). The number of sulfonamides is 1. The number of nitrogens with one attached hydrogen (secondary N) is 2. The molecule has 9 heteroatoms. The lowest BCUT2D eigenvalue weighted by molar-refractivity contribution is 0.102. The molecule has 5 rings (SSSR count). The zero-order valence-electron chi connectivity index (χ0n) is 17.3. The maximum atomic E-state index is 12.8. The molecule has 0 bridgehead atoms. The van der Waals surface area contributed by atoms with Gasteiger partial charge < -0.3 is 14.8 Å². The molecule has 0 saturated carbocycles. The van der Waals surface area contributed by atoms with Crippen LogP contribution in [0, 0.1) is 0 Å². The van der Waals surface area contributed by atoms with E-state index < -0.39 is 15.9 Å². The van der Waals surface area contributed by atoms with Crippen molar-refractivity contribution in [1.29, 1.82) is 0 Å². The summed E-state index contributed by atoms with van der Waals surface area (Å²) < 4.78 is 38.8. The number of pyridine rings is 1. The van der Waals surface area contributed by atoms with Crippen molar-refractivity contribution in [3.63, 3.8) is 0 Å². The van der Waals surface area contributed by atoms with E-state index in [9.17, 15) is 13.2 Å². The Balaban J connectivity index is 1.30. The molecule has 1 aromatic heterocycles. The third-order valence-corrected chi connectivity index (χ3v) is 6.56. The first-order valence-electron chi connectivity index (χ1n) is 10.1. The zero-order chi connectivity index (χ0) is 22.8. The number of rotatable bonds is 6. The van der Waals surface area contributed by atoms with Crippen molar-refractivity contribution in [2.75, 3.05) is 12.1 Å². The van der Waals surface area contributed by atoms with E-state index in [0.29, 0.717) is 17.2 Å². The molecular formula is C24H19N3O5S. The minimum Gasteiger partial charge on any atom is -0.454 e. The van der Waals surface area contributed by atoms with Gasteiger partial charge in [0, 0.05) is 17.5 Å². The number of para-hydroxylation sites is 1. The molecule has 166 valence electrons. The van der Waals surface area contributed by atoms with Crippen LogP contribution >= 0.6 is 0 Å². The SMILES string of the molecule is O=C(Nc1cnc2ccccc2c1)c1cccc(S(=O)(=O)NCc2ccc3c(c2)OCO3)c1. The van der Waals surface area contributed by atoms with Crippen LogP contribution in [0.4, 0.5) is 5.69 Å². The van der Waals surface area contributed by atoms with E-state index in [4.69, 9.17) is 9.47 Å². The fourth-order valence-electron chi connectivity index (χ4n) is 3.46. The van der Waals surface area contributed by atoms with Gasteiger partial charge >= 0.3 is 0 Å². The second-order valence-corrected chi connectivity index (χ2v) is 9.18. The smallest absolute Gasteiger partial charge is 0.255 e. The van der Waals surface area contributed by atoms with E-state index in [1.165, 1.54) is 18.2 Å². The molecule has 0 radical (unpaired) electrons. The molecule has 1 amide bonds. The van der Waals surface area contributed by atoms with Crippen molar-refractivity contribution >= 4 is 32.5 Å². The predicted octanol–water partition coefficient (Wildman–Crippen LogP) is 3.69. The molecule has 2 N–H and O–H groups in total. The minimum absolute atomic E-state index is 0.00692. The minimum atomic E-state index is -3.84. The molecule has 1 aliphatic rings. The molecule has 8 nitrogen and oxygen atoms in total. The zero-order valence-corrected chi connectivity index (χ0v) is 18.1. The maximum absolute atomic E-state index is 12.8. The normalized spacial score (nSPS) is 12.6. The van der Waals surface area contributed by atoms with E-state index in [1.54, 1.807) is 30.5 Å². The van der Waals surface area contributed by atoms with Crippen LogP contribution in [0.5, 0.6) is 11.5 Å². The number of nitrogens with zero attached hydrogens (tertiary/aromatic N) is 1. The van der Waals surface area contributed by atoms with Gasteiger partial charge in [-0.3, -0.25) is 9.78 Å². The van der Waals surface area contributed by atoms with Crippen molar-refractivity contribution in [3.8, 4) is 11.5 Å². The molecule has 4 aromatic rings. The lowest BCUT2D eigenvalue weighted by Crippen LogP contribution is -2.23. The molecule has 0 spiro atoms. The Kier molecular flexibility index (Phi) is 5.41. The van der Waals surface area contributed by atoms with Crippen LogP contribution in [0.25, 0.3) is 10.9 Å². The van der Waals surface area contributed by atoms with E-state index in [0.717, 1.165) is 16.5 Å². The third-order valence-electron chi connectivity index (χ3n) is 5.16. The highest BCUT2D eigenvalue weighted by Gasteiger charge is 2.18.